The first-order valence-corrected chi connectivity index (χ1v) is 9.19. The third-order valence-corrected chi connectivity index (χ3v) is 6.14. The van der Waals surface area contributed by atoms with Crippen LogP contribution in [0, 0.1) is 11.8 Å². The Morgan fingerprint density at radius 1 is 1.24 bits per heavy atom. The predicted octanol–water partition coefficient (Wildman–Crippen LogP) is 2.97. The molecule has 1 aromatic heterocycles. The number of carboxylic acids is 1. The molecule has 4 fully saturated rings. The Bertz CT molecular complexity index is 711. The zero-order chi connectivity index (χ0) is 18.0. The van der Waals surface area contributed by atoms with Gasteiger partial charge in [-0.25, -0.2) is 14.8 Å². The van der Waals surface area contributed by atoms with E-state index < -0.39 is 11.6 Å². The molecular weight excluding hydrogens is 318 g/mol. The Labute approximate surface area is 148 Å². The van der Waals surface area contributed by atoms with E-state index in [1.54, 1.807) is 0 Å². The Morgan fingerprint density at radius 3 is 2.40 bits per heavy atom. The zero-order valence-electron chi connectivity index (χ0n) is 15.2. The van der Waals surface area contributed by atoms with E-state index in [9.17, 15) is 15.0 Å². The lowest BCUT2D eigenvalue weighted by Gasteiger charge is -2.60. The molecule has 0 amide bonds. The van der Waals surface area contributed by atoms with Gasteiger partial charge in [-0.05, 0) is 50.4 Å². The minimum Gasteiger partial charge on any atom is -0.478 e. The van der Waals surface area contributed by atoms with E-state index in [4.69, 9.17) is 0 Å². The minimum atomic E-state index is -0.999. The van der Waals surface area contributed by atoms with Gasteiger partial charge in [0.1, 0.15) is 0 Å². The number of aromatic nitrogens is 2. The number of nitrogens with zero attached hydrogens (tertiary/aromatic N) is 2. The number of aromatic carboxylic acids is 1. The van der Waals surface area contributed by atoms with Crippen LogP contribution in [-0.2, 0) is 5.41 Å². The largest absolute Gasteiger partial charge is 0.478 e. The van der Waals surface area contributed by atoms with Crippen molar-refractivity contribution in [3.63, 3.8) is 0 Å². The highest BCUT2D eigenvalue weighted by Crippen LogP contribution is 2.58. The number of aliphatic hydroxyl groups is 1. The molecule has 25 heavy (non-hydrogen) atoms. The molecule has 6 heteroatoms. The van der Waals surface area contributed by atoms with Crippen LogP contribution in [0.3, 0.4) is 0 Å². The summed E-state index contributed by atoms with van der Waals surface area (Å²) in [6.45, 7) is 5.87. The molecule has 2 atom stereocenters. The maximum Gasteiger partial charge on any atom is 0.339 e. The fourth-order valence-electron chi connectivity index (χ4n) is 5.77. The minimum absolute atomic E-state index is 0.154. The summed E-state index contributed by atoms with van der Waals surface area (Å²) >= 11 is 0. The maximum absolute atomic E-state index is 11.5. The lowest BCUT2D eigenvalue weighted by Crippen LogP contribution is -2.62. The van der Waals surface area contributed by atoms with Crippen molar-refractivity contribution in [2.24, 2.45) is 11.8 Å². The van der Waals surface area contributed by atoms with E-state index in [0.29, 0.717) is 23.5 Å². The van der Waals surface area contributed by atoms with Crippen LogP contribution >= 0.6 is 0 Å². The number of carboxylic acid groups (broad SMARTS) is 1. The van der Waals surface area contributed by atoms with Crippen LogP contribution in [0.1, 0.15) is 75.3 Å². The normalized spacial score (nSPS) is 36.5. The van der Waals surface area contributed by atoms with Gasteiger partial charge in [0, 0.05) is 17.2 Å². The second kappa shape index (κ2) is 5.16. The fraction of sp³-hybridized carbons (Fsp3) is 0.737. The SMILES string of the molecule is CC(C)(C)c1nc(NC23CC4CC(CC(O)(C4)C2)C3)ncc1C(=O)O. The Morgan fingerprint density at radius 2 is 1.88 bits per heavy atom. The average Bonchev–Trinajstić information content (AvgIpc) is 2.42. The van der Waals surface area contributed by atoms with Crippen LogP contribution in [-0.4, -0.2) is 37.3 Å². The highest BCUT2D eigenvalue weighted by molar-refractivity contribution is 5.89. The van der Waals surface area contributed by atoms with E-state index in [-0.39, 0.29) is 16.5 Å². The standard InChI is InChI=1S/C19H27N3O3/c1-17(2,3)14-13(15(23)24)9-20-16(21-14)22-18-5-11-4-12(6-18)8-19(25,7-11)10-18/h9,11-12,25H,4-8,10H2,1-3H3,(H,23,24)(H,20,21,22). The van der Waals surface area contributed by atoms with E-state index in [1.165, 1.54) is 12.6 Å². The van der Waals surface area contributed by atoms with Gasteiger partial charge >= 0.3 is 5.97 Å². The second-order valence-corrected chi connectivity index (χ2v) is 9.60. The van der Waals surface area contributed by atoms with Gasteiger partial charge in [0.15, 0.2) is 0 Å². The van der Waals surface area contributed by atoms with Gasteiger partial charge in [0.25, 0.3) is 0 Å². The van der Waals surface area contributed by atoms with Crippen molar-refractivity contribution in [1.82, 2.24) is 9.97 Å². The number of anilines is 1. The molecule has 0 radical (unpaired) electrons. The molecule has 4 aliphatic carbocycles. The molecule has 6 nitrogen and oxygen atoms in total. The molecule has 4 saturated carbocycles. The monoisotopic (exact) mass is 345 g/mol. The Hall–Kier alpha value is -1.69. The van der Waals surface area contributed by atoms with Crippen molar-refractivity contribution in [2.45, 2.75) is 75.9 Å². The summed E-state index contributed by atoms with van der Waals surface area (Å²) < 4.78 is 0. The summed E-state index contributed by atoms with van der Waals surface area (Å²) in [6.07, 6.45) is 7.28. The van der Waals surface area contributed by atoms with Crippen molar-refractivity contribution in [2.75, 3.05) is 5.32 Å². The molecule has 136 valence electrons. The molecule has 4 aliphatic rings. The summed E-state index contributed by atoms with van der Waals surface area (Å²) in [4.78, 5) is 20.4. The van der Waals surface area contributed by atoms with E-state index in [1.807, 2.05) is 20.8 Å². The summed E-state index contributed by atoms with van der Waals surface area (Å²) in [6, 6.07) is 0. The molecule has 4 bridgehead atoms. The maximum atomic E-state index is 11.5. The summed E-state index contributed by atoms with van der Waals surface area (Å²) in [5.41, 5.74) is -0.390. The number of hydrogen-bond donors (Lipinski definition) is 3. The number of hydrogen-bond acceptors (Lipinski definition) is 5. The van der Waals surface area contributed by atoms with Gasteiger partial charge in [0.2, 0.25) is 5.95 Å². The van der Waals surface area contributed by atoms with Crippen molar-refractivity contribution < 1.29 is 15.0 Å². The summed E-state index contributed by atoms with van der Waals surface area (Å²) in [7, 11) is 0. The van der Waals surface area contributed by atoms with Crippen molar-refractivity contribution in [3.8, 4) is 0 Å². The van der Waals surface area contributed by atoms with E-state index in [0.717, 1.165) is 32.1 Å². The third-order valence-electron chi connectivity index (χ3n) is 6.14. The number of carbonyl (C=O) groups is 1. The van der Waals surface area contributed by atoms with Crippen LogP contribution in [0.15, 0.2) is 6.20 Å². The molecule has 5 rings (SSSR count). The Kier molecular flexibility index (Phi) is 3.46. The third kappa shape index (κ3) is 2.90. The zero-order valence-corrected chi connectivity index (χ0v) is 15.2. The highest BCUT2D eigenvalue weighted by atomic mass is 16.4. The fourth-order valence-corrected chi connectivity index (χ4v) is 5.77. The van der Waals surface area contributed by atoms with E-state index >= 15 is 0 Å². The second-order valence-electron chi connectivity index (χ2n) is 9.60. The van der Waals surface area contributed by atoms with Crippen LogP contribution in [0.2, 0.25) is 0 Å². The number of nitrogens with one attached hydrogen (secondary N) is 1. The van der Waals surface area contributed by atoms with Gasteiger partial charge < -0.3 is 15.5 Å². The van der Waals surface area contributed by atoms with Crippen molar-refractivity contribution in [1.29, 1.82) is 0 Å². The summed E-state index contributed by atoms with van der Waals surface area (Å²) in [5, 5.41) is 23.8. The summed E-state index contributed by atoms with van der Waals surface area (Å²) in [5.74, 6) is 0.624. The van der Waals surface area contributed by atoms with Crippen molar-refractivity contribution in [3.05, 3.63) is 17.5 Å². The molecule has 1 heterocycles. The Balaban J connectivity index is 1.66. The molecule has 0 aliphatic heterocycles. The van der Waals surface area contributed by atoms with Crippen LogP contribution < -0.4 is 5.32 Å². The first-order valence-electron chi connectivity index (χ1n) is 9.19. The first-order chi connectivity index (χ1) is 11.6. The topological polar surface area (TPSA) is 95.3 Å². The molecule has 1 aromatic rings. The molecule has 0 spiro atoms. The van der Waals surface area contributed by atoms with Gasteiger partial charge in [-0.1, -0.05) is 20.8 Å². The number of rotatable bonds is 3. The lowest BCUT2D eigenvalue weighted by molar-refractivity contribution is -0.127. The first kappa shape index (κ1) is 16.8. The molecule has 2 unspecified atom stereocenters. The molecular formula is C19H27N3O3. The smallest absolute Gasteiger partial charge is 0.339 e. The van der Waals surface area contributed by atoms with Gasteiger partial charge in [-0.15, -0.1) is 0 Å². The van der Waals surface area contributed by atoms with Gasteiger partial charge in [-0.2, -0.15) is 0 Å². The van der Waals surface area contributed by atoms with Crippen molar-refractivity contribution >= 4 is 11.9 Å². The average molecular weight is 345 g/mol. The highest BCUT2D eigenvalue weighted by Gasteiger charge is 2.57. The molecule has 3 N–H and O–H groups in total. The van der Waals surface area contributed by atoms with Gasteiger partial charge in [-0.3, -0.25) is 0 Å². The van der Waals surface area contributed by atoms with Crippen LogP contribution in [0.5, 0.6) is 0 Å². The van der Waals surface area contributed by atoms with E-state index in [2.05, 4.69) is 15.3 Å². The van der Waals surface area contributed by atoms with Crippen LogP contribution in [0.25, 0.3) is 0 Å². The quantitative estimate of drug-likeness (QED) is 0.779. The predicted molar refractivity (Wildman–Crippen MR) is 93.7 cm³/mol. The molecule has 0 aromatic carbocycles. The molecule has 0 saturated heterocycles. The lowest BCUT2D eigenvalue weighted by atomic mass is 9.51. The van der Waals surface area contributed by atoms with Gasteiger partial charge in [0.05, 0.1) is 16.9 Å². The van der Waals surface area contributed by atoms with Crippen LogP contribution in [0.4, 0.5) is 5.95 Å².